The number of fused-ring (bicyclic) bond motifs is 1. The van der Waals surface area contributed by atoms with E-state index >= 15 is 0 Å². The summed E-state index contributed by atoms with van der Waals surface area (Å²) in [7, 11) is 0. The smallest absolute Gasteiger partial charge is 0.272 e. The molecule has 1 saturated heterocycles. The molecule has 6 heteroatoms. The van der Waals surface area contributed by atoms with Crippen LogP contribution in [-0.2, 0) is 12.7 Å². The van der Waals surface area contributed by atoms with Crippen LogP contribution in [0.5, 0.6) is 5.75 Å². The molecular formula is C15H17BFN3O. The number of aryl methyl sites for hydroxylation is 1. The van der Waals surface area contributed by atoms with Gasteiger partial charge in [-0.1, -0.05) is 6.32 Å². The summed E-state index contributed by atoms with van der Waals surface area (Å²) in [5.74, 6) is 2.25. The largest absolute Gasteiger partial charge is 0.487 e. The first-order chi connectivity index (χ1) is 10.2. The molecule has 21 heavy (non-hydrogen) atoms. The lowest BCUT2D eigenvalue weighted by Gasteiger charge is -2.53. The normalized spacial score (nSPS) is 23.0. The lowest BCUT2D eigenvalue weighted by atomic mass is 9.42. The first-order valence-electron chi connectivity index (χ1n) is 7.62. The monoisotopic (exact) mass is 285 g/mol. The van der Waals surface area contributed by atoms with Crippen molar-refractivity contribution >= 4 is 6.71 Å². The van der Waals surface area contributed by atoms with Crippen LogP contribution in [0.25, 0.3) is 0 Å². The predicted octanol–water partition coefficient (Wildman–Crippen LogP) is 1.55. The second-order valence-corrected chi connectivity index (χ2v) is 6.68. The Morgan fingerprint density at radius 3 is 2.95 bits per heavy atom. The van der Waals surface area contributed by atoms with E-state index in [1.165, 1.54) is 6.20 Å². The summed E-state index contributed by atoms with van der Waals surface area (Å²) in [6, 6.07) is 0. The van der Waals surface area contributed by atoms with Gasteiger partial charge in [-0.2, -0.15) is 0 Å². The van der Waals surface area contributed by atoms with Crippen LogP contribution in [0.15, 0.2) is 6.20 Å². The Balaban J connectivity index is 1.55. The van der Waals surface area contributed by atoms with E-state index < -0.39 is 0 Å². The van der Waals surface area contributed by atoms with Crippen LogP contribution < -0.4 is 10.1 Å². The number of nitrogens with one attached hydrogen (secondary N) is 1. The van der Waals surface area contributed by atoms with E-state index in [1.807, 2.05) is 0 Å². The van der Waals surface area contributed by atoms with Crippen LogP contribution in [0, 0.1) is 22.5 Å². The summed E-state index contributed by atoms with van der Waals surface area (Å²) >= 11 is 0. The molecule has 2 fully saturated rings. The van der Waals surface area contributed by atoms with Gasteiger partial charge in [-0.05, 0) is 25.6 Å². The number of nitrogens with zero attached hydrogens (tertiary/aromatic N) is 2. The Hall–Kier alpha value is -1.61. The van der Waals surface area contributed by atoms with Crippen LogP contribution >= 0.6 is 0 Å². The van der Waals surface area contributed by atoms with Crippen LogP contribution in [0.3, 0.4) is 0 Å². The molecule has 2 aliphatic heterocycles. The maximum atomic E-state index is 14.1. The number of hydrogen-bond acceptors (Lipinski definition) is 4. The summed E-state index contributed by atoms with van der Waals surface area (Å²) in [6.07, 6.45) is 5.47. The maximum absolute atomic E-state index is 14.1. The number of halogens is 1. The van der Waals surface area contributed by atoms with Gasteiger partial charge in [0.2, 0.25) is 0 Å². The Kier molecular flexibility index (Phi) is 2.93. The van der Waals surface area contributed by atoms with Crippen molar-refractivity contribution in [3.8, 4) is 11.7 Å². The van der Waals surface area contributed by atoms with Crippen molar-refractivity contribution in [2.45, 2.75) is 38.0 Å². The third-order valence-corrected chi connectivity index (χ3v) is 5.14. The SMILES string of the molecule is N#CB1CCc2ncc(F)c(OC3CC4(CNC4)C3)c2C1. The van der Waals surface area contributed by atoms with Crippen molar-refractivity contribution in [3.63, 3.8) is 0 Å². The molecule has 0 unspecified atom stereocenters. The van der Waals surface area contributed by atoms with Crippen LogP contribution in [0.2, 0.25) is 6.32 Å². The molecular weight excluding hydrogens is 268 g/mol. The van der Waals surface area contributed by atoms with Gasteiger partial charge >= 0.3 is 0 Å². The average molecular weight is 285 g/mol. The van der Waals surface area contributed by atoms with Gasteiger partial charge in [-0.15, -0.1) is 0 Å². The Bertz CT molecular complexity index is 618. The maximum Gasteiger partial charge on any atom is 0.272 e. The zero-order valence-electron chi connectivity index (χ0n) is 11.9. The van der Waals surface area contributed by atoms with Gasteiger partial charge in [-0.25, -0.2) is 9.65 Å². The fraction of sp³-hybridized carbons (Fsp3) is 0.600. The quantitative estimate of drug-likeness (QED) is 0.838. The van der Waals surface area contributed by atoms with Crippen LogP contribution in [-0.4, -0.2) is 30.9 Å². The molecule has 4 rings (SSSR count). The minimum Gasteiger partial charge on any atom is -0.487 e. The Labute approximate surface area is 123 Å². The molecule has 1 saturated carbocycles. The van der Waals surface area contributed by atoms with Crippen LogP contribution in [0.4, 0.5) is 4.39 Å². The average Bonchev–Trinajstić information content (AvgIpc) is 2.41. The lowest BCUT2D eigenvalue weighted by Crippen LogP contribution is -2.63. The third kappa shape index (κ3) is 2.11. The number of nitriles is 1. The topological polar surface area (TPSA) is 57.9 Å². The molecule has 1 aromatic rings. The van der Waals surface area contributed by atoms with E-state index in [2.05, 4.69) is 16.3 Å². The molecule has 0 amide bonds. The highest BCUT2D eigenvalue weighted by molar-refractivity contribution is 6.66. The van der Waals surface area contributed by atoms with E-state index in [4.69, 9.17) is 10.00 Å². The van der Waals surface area contributed by atoms with E-state index in [1.54, 1.807) is 0 Å². The number of aromatic nitrogens is 1. The number of hydrogen-bond donors (Lipinski definition) is 1. The highest BCUT2D eigenvalue weighted by atomic mass is 19.1. The molecule has 1 spiro atoms. The zero-order chi connectivity index (χ0) is 14.4. The molecule has 0 aromatic carbocycles. The first-order valence-corrected chi connectivity index (χ1v) is 7.62. The standard InChI is InChI=1S/C15H17BFN3O/c17-12-6-20-13-1-2-16(9-18)5-11(13)14(12)21-10-3-15(4-10)7-19-8-15/h6,10,19H,1-5,7-8H2. The van der Waals surface area contributed by atoms with E-state index in [9.17, 15) is 4.39 Å². The highest BCUT2D eigenvalue weighted by Gasteiger charge is 2.50. The number of pyridine rings is 1. The van der Waals surface area contributed by atoms with Crippen LogP contribution in [0.1, 0.15) is 24.1 Å². The Morgan fingerprint density at radius 1 is 1.48 bits per heavy atom. The highest BCUT2D eigenvalue weighted by Crippen LogP contribution is 2.46. The van der Waals surface area contributed by atoms with Gasteiger partial charge in [0.05, 0.1) is 6.20 Å². The third-order valence-electron chi connectivity index (χ3n) is 5.14. The van der Waals surface area contributed by atoms with Gasteiger partial charge in [-0.3, -0.25) is 4.98 Å². The molecule has 0 atom stereocenters. The van der Waals surface area contributed by atoms with Gasteiger partial charge in [0.1, 0.15) is 6.10 Å². The molecule has 1 aliphatic carbocycles. The lowest BCUT2D eigenvalue weighted by molar-refractivity contribution is -0.0513. The predicted molar refractivity (Wildman–Crippen MR) is 76.7 cm³/mol. The van der Waals surface area contributed by atoms with Crippen molar-refractivity contribution in [1.82, 2.24) is 10.3 Å². The molecule has 3 heterocycles. The fourth-order valence-electron chi connectivity index (χ4n) is 3.79. The zero-order valence-corrected chi connectivity index (χ0v) is 11.9. The van der Waals surface area contributed by atoms with E-state index in [0.29, 0.717) is 17.5 Å². The van der Waals surface area contributed by atoms with Crippen molar-refractivity contribution in [2.75, 3.05) is 13.1 Å². The summed E-state index contributed by atoms with van der Waals surface area (Å²) in [4.78, 5) is 4.18. The first kappa shape index (κ1) is 13.1. The molecule has 1 aromatic heterocycles. The number of rotatable bonds is 2. The fourth-order valence-corrected chi connectivity index (χ4v) is 3.79. The number of ether oxygens (including phenoxy) is 1. The van der Waals surface area contributed by atoms with Gasteiger partial charge < -0.3 is 10.1 Å². The summed E-state index contributed by atoms with van der Waals surface area (Å²) < 4.78 is 20.1. The van der Waals surface area contributed by atoms with Crippen molar-refractivity contribution < 1.29 is 9.13 Å². The van der Waals surface area contributed by atoms with Gasteiger partial charge in [0.15, 0.2) is 11.6 Å². The van der Waals surface area contributed by atoms with Crippen molar-refractivity contribution in [1.29, 1.82) is 5.26 Å². The summed E-state index contributed by atoms with van der Waals surface area (Å²) in [6.45, 7) is 2.06. The molecule has 1 N–H and O–H groups in total. The molecule has 3 aliphatic rings. The summed E-state index contributed by atoms with van der Waals surface area (Å²) in [5, 5.41) is 12.4. The molecule has 4 nitrogen and oxygen atoms in total. The van der Waals surface area contributed by atoms with Crippen molar-refractivity contribution in [2.24, 2.45) is 5.41 Å². The molecule has 108 valence electrons. The molecule has 0 bridgehead atoms. The molecule has 0 radical (unpaired) electrons. The van der Waals surface area contributed by atoms with E-state index in [0.717, 1.165) is 49.9 Å². The van der Waals surface area contributed by atoms with Gasteiger partial charge in [0, 0.05) is 35.7 Å². The summed E-state index contributed by atoms with van der Waals surface area (Å²) in [5.41, 5.74) is 2.13. The minimum atomic E-state index is -0.389. The van der Waals surface area contributed by atoms with E-state index in [-0.39, 0.29) is 18.6 Å². The Morgan fingerprint density at radius 2 is 2.29 bits per heavy atom. The minimum absolute atomic E-state index is 0.0491. The second-order valence-electron chi connectivity index (χ2n) is 6.68. The van der Waals surface area contributed by atoms with Gasteiger partial charge in [0.25, 0.3) is 6.71 Å². The second kappa shape index (κ2) is 4.70. The van der Waals surface area contributed by atoms with Crippen molar-refractivity contribution in [3.05, 3.63) is 23.3 Å².